The zero-order valence-electron chi connectivity index (χ0n) is 16.9. The topological polar surface area (TPSA) is 126 Å². The third-order valence-electron chi connectivity index (χ3n) is 4.88. The van der Waals surface area contributed by atoms with Gasteiger partial charge in [-0.2, -0.15) is 11.8 Å². The van der Waals surface area contributed by atoms with E-state index in [1.807, 2.05) is 11.8 Å². The molecule has 4 N–H and O–H groups in total. The summed E-state index contributed by atoms with van der Waals surface area (Å²) in [6, 6.07) is 0.334. The fourth-order valence-electron chi connectivity index (χ4n) is 3.29. The van der Waals surface area contributed by atoms with Crippen LogP contribution in [0.2, 0.25) is 0 Å². The number of hydrogen-bond donors (Lipinski definition) is 4. The van der Waals surface area contributed by atoms with Gasteiger partial charge in [0.05, 0.1) is 12.1 Å². The largest absolute Gasteiger partial charge is 0.446 e. The normalized spacial score (nSPS) is 22.8. The third kappa shape index (κ3) is 6.95. The molecule has 2 heterocycles. The zero-order valence-corrected chi connectivity index (χ0v) is 17.7. The van der Waals surface area contributed by atoms with Crippen LogP contribution in [0.3, 0.4) is 0 Å². The molecular weight excluding hydrogens is 396 g/mol. The highest BCUT2D eigenvalue weighted by atomic mass is 32.2. The van der Waals surface area contributed by atoms with Crippen LogP contribution < -0.4 is 21.3 Å². The molecule has 0 radical (unpaired) electrons. The van der Waals surface area contributed by atoms with Crippen LogP contribution in [0.4, 0.5) is 4.79 Å². The van der Waals surface area contributed by atoms with Crippen LogP contribution in [0.1, 0.15) is 39.5 Å². The third-order valence-corrected chi connectivity index (χ3v) is 6.39. The number of thioether (sulfide) groups is 1. The van der Waals surface area contributed by atoms with Crippen LogP contribution in [-0.2, 0) is 19.1 Å². The summed E-state index contributed by atoms with van der Waals surface area (Å²) in [6.45, 7) is 6.81. The minimum atomic E-state index is -1.30. The molecule has 0 aromatic carbocycles. The molecule has 0 bridgehead atoms. The molecule has 162 valence electrons. The monoisotopic (exact) mass is 426 g/mol. The summed E-state index contributed by atoms with van der Waals surface area (Å²) >= 11 is 1.87. The molecule has 4 amide bonds. The van der Waals surface area contributed by atoms with Crippen LogP contribution in [0.25, 0.3) is 0 Å². The molecule has 3 atom stereocenters. The van der Waals surface area contributed by atoms with Crippen LogP contribution in [0, 0.1) is 0 Å². The quantitative estimate of drug-likeness (QED) is 0.165. The molecule has 0 saturated carbocycles. The molecule has 0 spiro atoms. The SMILES string of the molecule is C=CC(=O)OC(C)(C)C(=O)NCCNC(=O)CCCCC1SCC2NC(=O)NC21. The fraction of sp³-hybridized carbons (Fsp3) is 0.684. The van der Waals surface area contributed by atoms with E-state index in [0.717, 1.165) is 31.1 Å². The van der Waals surface area contributed by atoms with Crippen molar-refractivity contribution >= 4 is 35.6 Å². The Labute approximate surface area is 175 Å². The second kappa shape index (κ2) is 10.5. The minimum absolute atomic E-state index is 0.0654. The van der Waals surface area contributed by atoms with Gasteiger partial charge in [0.25, 0.3) is 5.91 Å². The molecule has 2 fully saturated rings. The van der Waals surface area contributed by atoms with Gasteiger partial charge in [-0.25, -0.2) is 9.59 Å². The van der Waals surface area contributed by atoms with Crippen molar-refractivity contribution in [2.75, 3.05) is 18.8 Å². The van der Waals surface area contributed by atoms with Gasteiger partial charge in [0.15, 0.2) is 5.60 Å². The van der Waals surface area contributed by atoms with E-state index in [4.69, 9.17) is 4.74 Å². The second-order valence-electron chi connectivity index (χ2n) is 7.61. The van der Waals surface area contributed by atoms with E-state index in [-0.39, 0.29) is 30.6 Å². The van der Waals surface area contributed by atoms with Crippen molar-refractivity contribution in [3.05, 3.63) is 12.7 Å². The number of rotatable bonds is 11. The van der Waals surface area contributed by atoms with Gasteiger partial charge in [0, 0.05) is 36.6 Å². The number of carbonyl (C=O) groups excluding carboxylic acids is 4. The van der Waals surface area contributed by atoms with Crippen molar-refractivity contribution in [2.24, 2.45) is 0 Å². The molecule has 29 heavy (non-hydrogen) atoms. The maximum Gasteiger partial charge on any atom is 0.331 e. The van der Waals surface area contributed by atoms with Gasteiger partial charge in [-0.05, 0) is 26.7 Å². The Bertz CT molecular complexity index is 655. The molecule has 10 heteroatoms. The lowest BCUT2D eigenvalue weighted by atomic mass is 10.0. The van der Waals surface area contributed by atoms with E-state index < -0.39 is 17.5 Å². The highest BCUT2D eigenvalue weighted by molar-refractivity contribution is 8.00. The predicted molar refractivity (Wildman–Crippen MR) is 110 cm³/mol. The lowest BCUT2D eigenvalue weighted by molar-refractivity contribution is -0.160. The van der Waals surface area contributed by atoms with Crippen molar-refractivity contribution in [3.8, 4) is 0 Å². The number of amides is 4. The highest BCUT2D eigenvalue weighted by Gasteiger charge is 2.42. The minimum Gasteiger partial charge on any atom is -0.446 e. The smallest absolute Gasteiger partial charge is 0.331 e. The second-order valence-corrected chi connectivity index (χ2v) is 8.88. The first-order chi connectivity index (χ1) is 13.7. The van der Waals surface area contributed by atoms with Crippen LogP contribution >= 0.6 is 11.8 Å². The van der Waals surface area contributed by atoms with Gasteiger partial charge >= 0.3 is 12.0 Å². The molecule has 3 unspecified atom stereocenters. The molecular formula is C19H30N4O5S. The summed E-state index contributed by atoms with van der Waals surface area (Å²) in [7, 11) is 0. The lowest BCUT2D eigenvalue weighted by Gasteiger charge is -2.23. The van der Waals surface area contributed by atoms with Crippen molar-refractivity contribution in [1.29, 1.82) is 0 Å². The summed E-state index contributed by atoms with van der Waals surface area (Å²) in [4.78, 5) is 46.5. The van der Waals surface area contributed by atoms with E-state index in [0.29, 0.717) is 18.2 Å². The van der Waals surface area contributed by atoms with E-state index in [1.54, 1.807) is 0 Å². The average molecular weight is 427 g/mol. The summed E-state index contributed by atoms with van der Waals surface area (Å²) < 4.78 is 4.98. The first-order valence-corrected chi connectivity index (χ1v) is 10.9. The fourth-order valence-corrected chi connectivity index (χ4v) is 4.84. The van der Waals surface area contributed by atoms with Crippen LogP contribution in [-0.4, -0.2) is 65.6 Å². The van der Waals surface area contributed by atoms with Gasteiger partial charge in [0.2, 0.25) is 5.91 Å². The van der Waals surface area contributed by atoms with Gasteiger partial charge in [0.1, 0.15) is 0 Å². The zero-order chi connectivity index (χ0) is 21.4. The number of urea groups is 1. The van der Waals surface area contributed by atoms with E-state index in [2.05, 4.69) is 27.8 Å². The number of esters is 1. The van der Waals surface area contributed by atoms with Gasteiger partial charge in [-0.15, -0.1) is 0 Å². The Kier molecular flexibility index (Phi) is 8.36. The molecule has 9 nitrogen and oxygen atoms in total. The highest BCUT2D eigenvalue weighted by Crippen LogP contribution is 2.33. The Morgan fingerprint density at radius 1 is 1.24 bits per heavy atom. The van der Waals surface area contributed by atoms with E-state index in [9.17, 15) is 19.2 Å². The van der Waals surface area contributed by atoms with Crippen molar-refractivity contribution < 1.29 is 23.9 Å². The summed E-state index contributed by atoms with van der Waals surface area (Å²) in [6.07, 6.45) is 4.09. The van der Waals surface area contributed by atoms with Crippen molar-refractivity contribution in [1.82, 2.24) is 21.3 Å². The first-order valence-electron chi connectivity index (χ1n) is 9.82. The Hall–Kier alpha value is -2.23. The van der Waals surface area contributed by atoms with E-state index in [1.165, 1.54) is 13.8 Å². The van der Waals surface area contributed by atoms with Gasteiger partial charge < -0.3 is 26.0 Å². The number of carbonyl (C=O) groups is 4. The number of hydrogen-bond acceptors (Lipinski definition) is 6. The van der Waals surface area contributed by atoms with Gasteiger partial charge in [-0.1, -0.05) is 13.0 Å². The average Bonchev–Trinajstić information content (AvgIpc) is 3.21. The van der Waals surface area contributed by atoms with Gasteiger partial charge in [-0.3, -0.25) is 9.59 Å². The van der Waals surface area contributed by atoms with Crippen molar-refractivity contribution in [2.45, 2.75) is 62.5 Å². The molecule has 2 saturated heterocycles. The maximum absolute atomic E-state index is 12.0. The number of unbranched alkanes of at least 4 members (excludes halogenated alkanes) is 1. The Balaban J connectivity index is 1.53. The number of nitrogens with one attached hydrogen (secondary N) is 4. The standard InChI is InChI=1S/C19H30N4O5S/c1-4-15(25)28-19(2,3)17(26)21-10-9-20-14(24)8-6-5-7-13-16-12(11-29-13)22-18(27)23-16/h4,12-13,16H,1,5-11H2,2-3H3,(H,20,24)(H,21,26)(H2,22,23,27). The Morgan fingerprint density at radius 2 is 1.97 bits per heavy atom. The summed E-state index contributed by atoms with van der Waals surface area (Å²) in [5, 5.41) is 11.7. The lowest BCUT2D eigenvalue weighted by Crippen LogP contribution is -2.47. The molecule has 0 aromatic rings. The predicted octanol–water partition coefficient (Wildman–Crippen LogP) is 0.452. The molecule has 2 aliphatic rings. The first kappa shape index (κ1) is 23.1. The maximum atomic E-state index is 12.0. The molecule has 0 aliphatic carbocycles. The Morgan fingerprint density at radius 3 is 2.69 bits per heavy atom. The van der Waals surface area contributed by atoms with Crippen LogP contribution in [0.5, 0.6) is 0 Å². The molecule has 2 aliphatic heterocycles. The number of fused-ring (bicyclic) bond motifs is 1. The summed E-state index contributed by atoms with van der Waals surface area (Å²) in [5.74, 6) is -0.243. The summed E-state index contributed by atoms with van der Waals surface area (Å²) in [5.41, 5.74) is -1.30. The molecule has 0 aromatic heterocycles. The van der Waals surface area contributed by atoms with Crippen LogP contribution in [0.15, 0.2) is 12.7 Å². The van der Waals surface area contributed by atoms with E-state index >= 15 is 0 Å². The number of ether oxygens (including phenoxy) is 1. The van der Waals surface area contributed by atoms with Crippen molar-refractivity contribution in [3.63, 3.8) is 0 Å². The molecule has 2 rings (SSSR count).